The zero-order valence-corrected chi connectivity index (χ0v) is 12.9. The Labute approximate surface area is 128 Å². The Morgan fingerprint density at radius 1 is 1.20 bits per heavy atom. The number of hydrogen-bond acceptors (Lipinski definition) is 3. The van der Waals surface area contributed by atoms with Gasteiger partial charge in [0.05, 0.1) is 32.7 Å². The summed E-state index contributed by atoms with van der Waals surface area (Å²) >= 11 is 12.5. The monoisotopic (exact) mass is 305 g/mol. The van der Waals surface area contributed by atoms with Crippen molar-refractivity contribution in [2.45, 2.75) is 20.8 Å². The van der Waals surface area contributed by atoms with Gasteiger partial charge in [-0.3, -0.25) is 4.98 Å². The number of anilines is 2. The summed E-state index contributed by atoms with van der Waals surface area (Å²) < 4.78 is 0. The van der Waals surface area contributed by atoms with Crippen molar-refractivity contribution in [1.29, 1.82) is 5.26 Å². The lowest BCUT2D eigenvalue weighted by atomic mass is 10.1. The van der Waals surface area contributed by atoms with E-state index >= 15 is 0 Å². The highest BCUT2D eigenvalue weighted by atomic mass is 35.5. The smallest absolute Gasteiger partial charge is 0.103 e. The van der Waals surface area contributed by atoms with Crippen LogP contribution in [-0.2, 0) is 0 Å². The maximum Gasteiger partial charge on any atom is 0.103 e. The van der Waals surface area contributed by atoms with E-state index in [2.05, 4.69) is 16.4 Å². The summed E-state index contributed by atoms with van der Waals surface area (Å²) in [6, 6.07) is 7.59. The minimum absolute atomic E-state index is 0.490. The largest absolute Gasteiger partial charge is 0.352 e. The number of hydrogen-bond donors (Lipinski definition) is 1. The Morgan fingerprint density at radius 2 is 1.90 bits per heavy atom. The van der Waals surface area contributed by atoms with Crippen LogP contribution in [0.4, 0.5) is 11.4 Å². The third-order valence-electron chi connectivity index (χ3n) is 2.98. The van der Waals surface area contributed by atoms with Crippen molar-refractivity contribution in [3.8, 4) is 6.07 Å². The van der Waals surface area contributed by atoms with Crippen molar-refractivity contribution in [3.05, 3.63) is 50.8 Å². The van der Waals surface area contributed by atoms with Crippen molar-refractivity contribution in [3.63, 3.8) is 0 Å². The standard InChI is InChI=1S/C15H13Cl2N3/c1-8-4-5-12(16)15(14(8)17)20-13-6-9(2)19-10(3)11(13)7-18/h4-6H,1-3H3,(H,19,20). The average Bonchev–Trinajstić information content (AvgIpc) is 2.39. The van der Waals surface area contributed by atoms with E-state index in [4.69, 9.17) is 23.2 Å². The zero-order chi connectivity index (χ0) is 14.9. The molecule has 0 saturated heterocycles. The molecule has 0 aliphatic carbocycles. The first-order valence-corrected chi connectivity index (χ1v) is 6.79. The minimum Gasteiger partial charge on any atom is -0.352 e. The van der Waals surface area contributed by atoms with Crippen molar-refractivity contribution >= 4 is 34.6 Å². The van der Waals surface area contributed by atoms with Crippen LogP contribution in [0.2, 0.25) is 10.0 Å². The van der Waals surface area contributed by atoms with Crippen LogP contribution in [0.25, 0.3) is 0 Å². The number of nitrogens with one attached hydrogen (secondary N) is 1. The Kier molecular flexibility index (Phi) is 4.17. The Hall–Kier alpha value is -1.76. The van der Waals surface area contributed by atoms with Gasteiger partial charge >= 0.3 is 0 Å². The van der Waals surface area contributed by atoms with E-state index in [0.29, 0.717) is 32.7 Å². The van der Waals surface area contributed by atoms with Gasteiger partial charge in [-0.15, -0.1) is 0 Å². The number of rotatable bonds is 2. The summed E-state index contributed by atoms with van der Waals surface area (Å²) in [7, 11) is 0. The molecule has 0 amide bonds. The van der Waals surface area contributed by atoms with E-state index in [0.717, 1.165) is 11.3 Å². The number of benzene rings is 1. The molecule has 0 aliphatic heterocycles. The van der Waals surface area contributed by atoms with E-state index in [9.17, 15) is 5.26 Å². The maximum atomic E-state index is 9.27. The number of nitriles is 1. The molecule has 0 radical (unpaired) electrons. The number of halogens is 2. The van der Waals surface area contributed by atoms with Gasteiger partial charge in [-0.25, -0.2) is 0 Å². The molecule has 5 heteroatoms. The first-order chi connectivity index (χ1) is 9.43. The van der Waals surface area contributed by atoms with E-state index < -0.39 is 0 Å². The van der Waals surface area contributed by atoms with E-state index in [1.807, 2.05) is 19.9 Å². The maximum absolute atomic E-state index is 9.27. The molecule has 2 aromatic rings. The molecule has 0 bridgehead atoms. The molecule has 0 atom stereocenters. The van der Waals surface area contributed by atoms with Gasteiger partial charge in [0, 0.05) is 5.69 Å². The second-order valence-corrected chi connectivity index (χ2v) is 5.35. The normalized spacial score (nSPS) is 10.2. The van der Waals surface area contributed by atoms with Gasteiger partial charge < -0.3 is 5.32 Å². The number of pyridine rings is 1. The number of aromatic nitrogens is 1. The van der Waals surface area contributed by atoms with Crippen LogP contribution in [0.15, 0.2) is 18.2 Å². The Balaban J connectivity index is 2.57. The Morgan fingerprint density at radius 3 is 2.55 bits per heavy atom. The van der Waals surface area contributed by atoms with Crippen molar-refractivity contribution in [1.82, 2.24) is 4.98 Å². The third-order valence-corrected chi connectivity index (χ3v) is 3.79. The SMILES string of the molecule is Cc1cc(Nc2c(Cl)ccc(C)c2Cl)c(C#N)c(C)n1. The molecule has 1 aromatic carbocycles. The fourth-order valence-corrected chi connectivity index (χ4v) is 2.44. The molecule has 0 fully saturated rings. The van der Waals surface area contributed by atoms with Gasteiger partial charge in [0.1, 0.15) is 6.07 Å². The molecular formula is C15H13Cl2N3. The molecular weight excluding hydrogens is 293 g/mol. The first kappa shape index (κ1) is 14.6. The van der Waals surface area contributed by atoms with Gasteiger partial charge in [-0.05, 0) is 38.5 Å². The molecule has 1 heterocycles. The number of aryl methyl sites for hydroxylation is 3. The third kappa shape index (κ3) is 2.72. The van der Waals surface area contributed by atoms with E-state index in [1.54, 1.807) is 19.1 Å². The van der Waals surface area contributed by atoms with Gasteiger partial charge in [-0.2, -0.15) is 5.26 Å². The van der Waals surface area contributed by atoms with Crippen LogP contribution in [0.1, 0.15) is 22.5 Å². The molecule has 102 valence electrons. The quantitative estimate of drug-likeness (QED) is 0.856. The van der Waals surface area contributed by atoms with E-state index in [-0.39, 0.29) is 0 Å². The second kappa shape index (κ2) is 5.70. The summed E-state index contributed by atoms with van der Waals surface area (Å²) in [6.45, 7) is 5.58. The molecule has 3 nitrogen and oxygen atoms in total. The molecule has 2 rings (SSSR count). The lowest BCUT2D eigenvalue weighted by molar-refractivity contribution is 1.11. The molecule has 0 saturated carbocycles. The second-order valence-electron chi connectivity index (χ2n) is 4.56. The highest BCUT2D eigenvalue weighted by Gasteiger charge is 2.13. The van der Waals surface area contributed by atoms with Crippen LogP contribution < -0.4 is 5.32 Å². The van der Waals surface area contributed by atoms with Gasteiger partial charge in [0.2, 0.25) is 0 Å². The average molecular weight is 306 g/mol. The summed E-state index contributed by atoms with van der Waals surface area (Å²) in [6.07, 6.45) is 0. The topological polar surface area (TPSA) is 48.7 Å². The fraction of sp³-hybridized carbons (Fsp3) is 0.200. The lowest BCUT2D eigenvalue weighted by Crippen LogP contribution is -2.01. The van der Waals surface area contributed by atoms with Gasteiger partial charge in [0.25, 0.3) is 0 Å². The molecule has 0 unspecified atom stereocenters. The van der Waals surface area contributed by atoms with Crippen LogP contribution in [0.3, 0.4) is 0 Å². The van der Waals surface area contributed by atoms with Crippen molar-refractivity contribution in [2.75, 3.05) is 5.32 Å². The lowest BCUT2D eigenvalue weighted by Gasteiger charge is -2.14. The van der Waals surface area contributed by atoms with Gasteiger partial charge in [-0.1, -0.05) is 29.3 Å². The molecule has 1 aromatic heterocycles. The van der Waals surface area contributed by atoms with E-state index in [1.165, 1.54) is 0 Å². The van der Waals surface area contributed by atoms with Crippen molar-refractivity contribution in [2.24, 2.45) is 0 Å². The zero-order valence-electron chi connectivity index (χ0n) is 11.4. The Bertz CT molecular complexity index is 718. The predicted octanol–water partition coefficient (Wildman–Crippen LogP) is 4.93. The molecule has 20 heavy (non-hydrogen) atoms. The van der Waals surface area contributed by atoms with Gasteiger partial charge in [0.15, 0.2) is 0 Å². The highest BCUT2D eigenvalue weighted by molar-refractivity contribution is 6.39. The van der Waals surface area contributed by atoms with Crippen molar-refractivity contribution < 1.29 is 0 Å². The molecule has 0 spiro atoms. The summed E-state index contributed by atoms with van der Waals surface area (Å²) in [4.78, 5) is 4.28. The molecule has 0 aliphatic rings. The summed E-state index contributed by atoms with van der Waals surface area (Å²) in [5.74, 6) is 0. The van der Waals surface area contributed by atoms with Crippen LogP contribution in [0.5, 0.6) is 0 Å². The number of nitrogens with zero attached hydrogens (tertiary/aromatic N) is 2. The first-order valence-electron chi connectivity index (χ1n) is 6.04. The van der Waals surface area contributed by atoms with Crippen LogP contribution in [0, 0.1) is 32.1 Å². The summed E-state index contributed by atoms with van der Waals surface area (Å²) in [5.41, 5.74) is 4.17. The molecule has 1 N–H and O–H groups in total. The summed E-state index contributed by atoms with van der Waals surface area (Å²) in [5, 5.41) is 13.5. The fourth-order valence-electron chi connectivity index (χ4n) is 1.97. The van der Waals surface area contributed by atoms with Crippen LogP contribution >= 0.6 is 23.2 Å². The highest BCUT2D eigenvalue weighted by Crippen LogP contribution is 2.36. The minimum atomic E-state index is 0.490. The predicted molar refractivity (Wildman–Crippen MR) is 82.9 cm³/mol. The van der Waals surface area contributed by atoms with Crippen LogP contribution in [-0.4, -0.2) is 4.98 Å².